The number of aromatic nitrogens is 5. The Labute approximate surface area is 236 Å². The van der Waals surface area contributed by atoms with Crippen molar-refractivity contribution >= 4 is 45.9 Å². The maximum absolute atomic E-state index is 13.2. The van der Waals surface area contributed by atoms with E-state index in [-0.39, 0.29) is 17.9 Å². The third-order valence-electron chi connectivity index (χ3n) is 7.74. The van der Waals surface area contributed by atoms with E-state index < -0.39 is 0 Å². The van der Waals surface area contributed by atoms with Crippen LogP contribution in [0.1, 0.15) is 45.5 Å². The molecule has 1 N–H and O–H groups in total. The molecule has 0 aliphatic carbocycles. The van der Waals surface area contributed by atoms with Crippen molar-refractivity contribution in [2.24, 2.45) is 7.05 Å². The number of aryl methyl sites for hydroxylation is 3. The van der Waals surface area contributed by atoms with E-state index in [0.29, 0.717) is 37.7 Å². The fourth-order valence-corrected chi connectivity index (χ4v) is 6.59. The molecule has 12 heteroatoms. The number of carbonyl (C=O) groups is 2. The van der Waals surface area contributed by atoms with Gasteiger partial charge in [-0.3, -0.25) is 4.79 Å². The van der Waals surface area contributed by atoms with Gasteiger partial charge < -0.3 is 20.0 Å². The molecule has 0 spiro atoms. The molecule has 40 heavy (non-hydrogen) atoms. The van der Waals surface area contributed by atoms with Gasteiger partial charge in [0.1, 0.15) is 11.5 Å². The largest absolute Gasteiger partial charge is 0.353 e. The molecular weight excluding hydrogens is 526 g/mol. The summed E-state index contributed by atoms with van der Waals surface area (Å²) in [7, 11) is 1.82. The first-order valence-electron chi connectivity index (χ1n) is 13.6. The first kappa shape index (κ1) is 26.2. The van der Waals surface area contributed by atoms with Crippen LogP contribution in [0.3, 0.4) is 0 Å². The SMILES string of the molecule is Cc1cc(C)c2c(NC(=O)c3csc(C4CCN(C(=O)N5CCN(c6ccccn6)CC5)CC4)n3)nn(C)c2n1. The Morgan fingerprint density at radius 3 is 2.48 bits per heavy atom. The first-order valence-corrected chi connectivity index (χ1v) is 14.5. The number of nitrogens with zero attached hydrogens (tertiary/aromatic N) is 8. The van der Waals surface area contributed by atoms with Crippen molar-refractivity contribution in [3.05, 3.63) is 57.8 Å². The number of piperazine rings is 1. The molecule has 4 aromatic rings. The van der Waals surface area contributed by atoms with Gasteiger partial charge in [0.25, 0.3) is 5.91 Å². The van der Waals surface area contributed by atoms with E-state index in [2.05, 4.69) is 30.3 Å². The predicted molar refractivity (Wildman–Crippen MR) is 155 cm³/mol. The van der Waals surface area contributed by atoms with Crippen LogP contribution in [0.4, 0.5) is 16.4 Å². The number of fused-ring (bicyclic) bond motifs is 1. The molecule has 0 saturated carbocycles. The first-order chi connectivity index (χ1) is 19.4. The summed E-state index contributed by atoms with van der Waals surface area (Å²) in [6.07, 6.45) is 3.48. The van der Waals surface area contributed by atoms with E-state index in [0.717, 1.165) is 59.0 Å². The van der Waals surface area contributed by atoms with Gasteiger partial charge in [-0.2, -0.15) is 5.10 Å². The summed E-state index contributed by atoms with van der Waals surface area (Å²) < 4.78 is 1.69. The van der Waals surface area contributed by atoms with Crippen LogP contribution in [-0.4, -0.2) is 85.7 Å². The molecule has 208 valence electrons. The number of hydrogen-bond acceptors (Lipinski definition) is 8. The monoisotopic (exact) mass is 559 g/mol. The topological polar surface area (TPSA) is 112 Å². The lowest BCUT2D eigenvalue weighted by Gasteiger charge is -2.39. The Morgan fingerprint density at radius 2 is 1.75 bits per heavy atom. The van der Waals surface area contributed by atoms with Gasteiger partial charge in [-0.15, -0.1) is 11.3 Å². The highest BCUT2D eigenvalue weighted by molar-refractivity contribution is 7.10. The van der Waals surface area contributed by atoms with Crippen molar-refractivity contribution in [3.8, 4) is 0 Å². The van der Waals surface area contributed by atoms with Crippen molar-refractivity contribution in [2.75, 3.05) is 49.5 Å². The lowest BCUT2D eigenvalue weighted by molar-refractivity contribution is 0.102. The van der Waals surface area contributed by atoms with Gasteiger partial charge >= 0.3 is 6.03 Å². The molecule has 2 aliphatic heterocycles. The van der Waals surface area contributed by atoms with Crippen LogP contribution < -0.4 is 10.2 Å². The third-order valence-corrected chi connectivity index (χ3v) is 8.75. The number of likely N-dealkylation sites (tertiary alicyclic amines) is 1. The fourth-order valence-electron chi connectivity index (χ4n) is 5.62. The summed E-state index contributed by atoms with van der Waals surface area (Å²) in [6, 6.07) is 8.01. The van der Waals surface area contributed by atoms with Crippen molar-refractivity contribution < 1.29 is 9.59 Å². The van der Waals surface area contributed by atoms with Gasteiger partial charge in [0, 0.05) is 69.5 Å². The highest BCUT2D eigenvalue weighted by Gasteiger charge is 2.30. The second-order valence-corrected chi connectivity index (χ2v) is 11.4. The zero-order valence-electron chi connectivity index (χ0n) is 23.0. The number of piperidine rings is 1. The fraction of sp³-hybridized carbons (Fsp3) is 0.429. The third kappa shape index (κ3) is 5.10. The Morgan fingerprint density at radius 1 is 1.00 bits per heavy atom. The lowest BCUT2D eigenvalue weighted by Crippen LogP contribution is -2.54. The Bertz CT molecular complexity index is 1530. The number of anilines is 2. The van der Waals surface area contributed by atoms with Crippen LogP contribution in [0, 0.1) is 13.8 Å². The standard InChI is InChI=1S/C28H33N9O2S/c1-18-16-19(2)30-25-23(18)24(33-34(25)3)32-26(38)21-17-40-27(31-21)20-7-10-36(11-8-20)28(39)37-14-12-35(13-15-37)22-6-4-5-9-29-22/h4-6,9,16-17,20H,7-8,10-15H2,1-3H3,(H,32,33,38). The van der Waals surface area contributed by atoms with E-state index in [1.165, 1.54) is 11.3 Å². The molecule has 2 saturated heterocycles. The molecule has 6 heterocycles. The summed E-state index contributed by atoms with van der Waals surface area (Å²) >= 11 is 1.51. The minimum atomic E-state index is -0.278. The van der Waals surface area contributed by atoms with Gasteiger partial charge in [0.15, 0.2) is 11.5 Å². The van der Waals surface area contributed by atoms with E-state index in [1.54, 1.807) is 10.9 Å². The molecule has 4 aromatic heterocycles. The van der Waals surface area contributed by atoms with E-state index >= 15 is 0 Å². The summed E-state index contributed by atoms with van der Waals surface area (Å²) in [5, 5.41) is 11.0. The van der Waals surface area contributed by atoms with E-state index in [1.807, 2.05) is 60.3 Å². The van der Waals surface area contributed by atoms with Gasteiger partial charge in [-0.05, 0) is 50.5 Å². The average Bonchev–Trinajstić information content (AvgIpc) is 3.59. The Hall–Kier alpha value is -4.06. The summed E-state index contributed by atoms with van der Waals surface area (Å²) in [4.78, 5) is 46.1. The van der Waals surface area contributed by atoms with Crippen LogP contribution in [0.5, 0.6) is 0 Å². The van der Waals surface area contributed by atoms with Gasteiger partial charge in [-0.25, -0.2) is 24.4 Å². The quantitative estimate of drug-likeness (QED) is 0.405. The molecule has 2 aliphatic rings. The van der Waals surface area contributed by atoms with E-state index in [4.69, 9.17) is 0 Å². The van der Waals surface area contributed by atoms with Gasteiger partial charge in [-0.1, -0.05) is 6.07 Å². The highest BCUT2D eigenvalue weighted by atomic mass is 32.1. The second-order valence-electron chi connectivity index (χ2n) is 10.5. The minimum absolute atomic E-state index is 0.112. The lowest BCUT2D eigenvalue weighted by atomic mass is 9.98. The van der Waals surface area contributed by atoms with Gasteiger partial charge in [0.2, 0.25) is 0 Å². The van der Waals surface area contributed by atoms with Crippen LogP contribution in [0.15, 0.2) is 35.8 Å². The number of nitrogens with one attached hydrogen (secondary N) is 1. The molecule has 0 radical (unpaired) electrons. The summed E-state index contributed by atoms with van der Waals surface area (Å²) in [6.45, 7) is 8.28. The molecule has 0 unspecified atom stereocenters. The van der Waals surface area contributed by atoms with Crippen molar-refractivity contribution in [1.29, 1.82) is 0 Å². The van der Waals surface area contributed by atoms with Gasteiger partial charge in [0.05, 0.1) is 10.4 Å². The molecule has 0 aromatic carbocycles. The van der Waals surface area contributed by atoms with Crippen molar-refractivity contribution in [1.82, 2.24) is 34.5 Å². The number of rotatable bonds is 4. The van der Waals surface area contributed by atoms with Crippen LogP contribution >= 0.6 is 11.3 Å². The number of amides is 3. The number of thiazole rings is 1. The number of pyridine rings is 2. The number of carbonyl (C=O) groups excluding carboxylic acids is 2. The average molecular weight is 560 g/mol. The van der Waals surface area contributed by atoms with Crippen LogP contribution in [0.25, 0.3) is 11.0 Å². The smallest absolute Gasteiger partial charge is 0.320 e. The molecular formula is C28H33N9O2S. The molecule has 2 fully saturated rings. The zero-order valence-corrected chi connectivity index (χ0v) is 23.8. The predicted octanol–water partition coefficient (Wildman–Crippen LogP) is 3.81. The summed E-state index contributed by atoms with van der Waals surface area (Å²) in [5.74, 6) is 1.42. The zero-order chi connectivity index (χ0) is 27.8. The number of hydrogen-bond donors (Lipinski definition) is 1. The second kappa shape index (κ2) is 10.8. The highest BCUT2D eigenvalue weighted by Crippen LogP contribution is 2.32. The summed E-state index contributed by atoms with van der Waals surface area (Å²) in [5.41, 5.74) is 3.05. The van der Waals surface area contributed by atoms with E-state index in [9.17, 15) is 9.59 Å². The molecule has 3 amide bonds. The molecule has 11 nitrogen and oxygen atoms in total. The normalized spacial score (nSPS) is 16.5. The van der Waals surface area contributed by atoms with Crippen LogP contribution in [-0.2, 0) is 7.05 Å². The van der Waals surface area contributed by atoms with Crippen molar-refractivity contribution in [3.63, 3.8) is 0 Å². The van der Waals surface area contributed by atoms with Crippen LogP contribution in [0.2, 0.25) is 0 Å². The Kier molecular flexibility index (Phi) is 7.09. The molecule has 0 bridgehead atoms. The number of urea groups is 1. The molecule has 0 atom stereocenters. The molecule has 6 rings (SSSR count). The van der Waals surface area contributed by atoms with Crippen molar-refractivity contribution in [2.45, 2.75) is 32.6 Å². The minimum Gasteiger partial charge on any atom is -0.353 e. The maximum Gasteiger partial charge on any atom is 0.320 e. The Balaban J connectivity index is 1.03. The maximum atomic E-state index is 13.2.